The summed E-state index contributed by atoms with van der Waals surface area (Å²) in [6.07, 6.45) is 1.25. The smallest absolute Gasteiger partial charge is 0.413 e. The summed E-state index contributed by atoms with van der Waals surface area (Å²) in [5.41, 5.74) is -0.278. The second-order valence-corrected chi connectivity index (χ2v) is 6.61. The number of ether oxygens (including phenoxy) is 1. The lowest BCUT2D eigenvalue weighted by molar-refractivity contribution is -0.135. The van der Waals surface area contributed by atoms with E-state index in [4.69, 9.17) is 0 Å². The number of nitrogens with zero attached hydrogens (tertiary/aromatic N) is 1. The van der Waals surface area contributed by atoms with Crippen LogP contribution in [0.1, 0.15) is 30.2 Å². The average Bonchev–Trinajstić information content (AvgIpc) is 3.09. The van der Waals surface area contributed by atoms with E-state index < -0.39 is 36.0 Å². The molecule has 0 radical (unpaired) electrons. The summed E-state index contributed by atoms with van der Waals surface area (Å²) >= 11 is 1.56. The Morgan fingerprint density at radius 3 is 3.00 bits per heavy atom. The van der Waals surface area contributed by atoms with Crippen LogP contribution in [0.25, 0.3) is 0 Å². The quantitative estimate of drug-likeness (QED) is 0.794. The van der Waals surface area contributed by atoms with Crippen LogP contribution < -0.4 is 10.6 Å². The molecule has 2 heterocycles. The highest BCUT2D eigenvalue weighted by atomic mass is 32.1. The minimum atomic E-state index is -1.09. The van der Waals surface area contributed by atoms with Crippen molar-refractivity contribution in [3.63, 3.8) is 0 Å². The van der Waals surface area contributed by atoms with Crippen molar-refractivity contribution < 1.29 is 23.9 Å². The summed E-state index contributed by atoms with van der Waals surface area (Å²) < 4.78 is 4.60. The number of carbonyl (C=O) groups is 4. The van der Waals surface area contributed by atoms with Crippen molar-refractivity contribution in [2.75, 3.05) is 13.2 Å². The van der Waals surface area contributed by atoms with Gasteiger partial charge < -0.3 is 10.1 Å². The van der Waals surface area contributed by atoms with Gasteiger partial charge in [0.1, 0.15) is 12.1 Å². The minimum absolute atomic E-state index is 0.117. The Bertz CT molecular complexity index is 716. The number of hydrogen-bond acceptors (Lipinski definition) is 6. The van der Waals surface area contributed by atoms with Gasteiger partial charge in [-0.1, -0.05) is 0 Å². The first-order valence-electron chi connectivity index (χ1n) is 7.65. The second-order valence-electron chi connectivity index (χ2n) is 5.61. The first-order valence-corrected chi connectivity index (χ1v) is 8.53. The number of rotatable bonds is 3. The fraction of sp³-hybridized carbons (Fsp3) is 0.467. The van der Waals surface area contributed by atoms with E-state index in [1.165, 1.54) is 0 Å². The van der Waals surface area contributed by atoms with E-state index in [9.17, 15) is 19.2 Å². The van der Waals surface area contributed by atoms with Crippen molar-refractivity contribution in [2.24, 2.45) is 0 Å². The molecule has 24 heavy (non-hydrogen) atoms. The fourth-order valence-electron chi connectivity index (χ4n) is 3.15. The molecule has 8 nitrogen and oxygen atoms in total. The first-order chi connectivity index (χ1) is 11.5. The molecule has 128 valence electrons. The van der Waals surface area contributed by atoms with E-state index in [-0.39, 0.29) is 6.61 Å². The fourth-order valence-corrected chi connectivity index (χ4v) is 4.15. The Kier molecular flexibility index (Phi) is 4.27. The van der Waals surface area contributed by atoms with Crippen molar-refractivity contribution in [3.05, 3.63) is 21.9 Å². The van der Waals surface area contributed by atoms with E-state index in [0.717, 1.165) is 28.2 Å². The number of carbonyl (C=O) groups excluding carboxylic acids is 4. The summed E-state index contributed by atoms with van der Waals surface area (Å²) in [5.74, 6) is -1.22. The molecule has 0 aromatic carbocycles. The maximum Gasteiger partial charge on any atom is 0.413 e. The van der Waals surface area contributed by atoms with Gasteiger partial charge >= 0.3 is 12.1 Å². The number of alkyl carbamates (subject to hydrolysis) is 1. The molecule has 1 aromatic rings. The first kappa shape index (κ1) is 16.4. The Morgan fingerprint density at radius 1 is 1.46 bits per heavy atom. The molecule has 1 saturated heterocycles. The number of urea groups is 1. The Morgan fingerprint density at radius 2 is 2.25 bits per heavy atom. The number of hydrogen-bond donors (Lipinski definition) is 2. The lowest BCUT2D eigenvalue weighted by atomic mass is 9.80. The van der Waals surface area contributed by atoms with Crippen molar-refractivity contribution in [2.45, 2.75) is 31.7 Å². The molecule has 1 aliphatic carbocycles. The highest BCUT2D eigenvalue weighted by Gasteiger charge is 2.54. The second kappa shape index (κ2) is 6.23. The Balaban J connectivity index is 1.76. The van der Waals surface area contributed by atoms with Gasteiger partial charge in [0.15, 0.2) is 0 Å². The highest BCUT2D eigenvalue weighted by Crippen LogP contribution is 2.41. The zero-order valence-corrected chi connectivity index (χ0v) is 13.9. The van der Waals surface area contributed by atoms with Gasteiger partial charge in [0, 0.05) is 10.4 Å². The topological polar surface area (TPSA) is 105 Å². The normalized spacial score (nSPS) is 22.3. The average molecular weight is 351 g/mol. The molecule has 9 heteroatoms. The van der Waals surface area contributed by atoms with Gasteiger partial charge in [0.25, 0.3) is 5.91 Å². The van der Waals surface area contributed by atoms with Crippen LogP contribution in [-0.2, 0) is 26.3 Å². The van der Waals surface area contributed by atoms with Crippen LogP contribution >= 0.6 is 11.3 Å². The van der Waals surface area contributed by atoms with Gasteiger partial charge in [-0.2, -0.15) is 0 Å². The molecule has 5 amide bonds. The maximum absolute atomic E-state index is 12.9. The molecule has 3 rings (SSSR count). The minimum Gasteiger partial charge on any atom is -0.450 e. The summed E-state index contributed by atoms with van der Waals surface area (Å²) in [7, 11) is 0. The van der Waals surface area contributed by atoms with Crippen molar-refractivity contribution in [1.29, 1.82) is 0 Å². The van der Waals surface area contributed by atoms with Gasteiger partial charge in [0.05, 0.1) is 6.61 Å². The Hall–Kier alpha value is -2.42. The van der Waals surface area contributed by atoms with Gasteiger partial charge in [-0.3, -0.25) is 19.8 Å². The molecule has 1 aliphatic heterocycles. The van der Waals surface area contributed by atoms with Crippen LogP contribution in [-0.4, -0.2) is 42.0 Å². The summed E-state index contributed by atoms with van der Waals surface area (Å²) in [4.78, 5) is 50.1. The zero-order valence-electron chi connectivity index (χ0n) is 13.1. The summed E-state index contributed by atoms with van der Waals surface area (Å²) in [6, 6.07) is 1.22. The molecule has 2 N–H and O–H groups in total. The zero-order chi connectivity index (χ0) is 17.3. The van der Waals surface area contributed by atoms with E-state index in [1.807, 2.05) is 16.8 Å². The maximum atomic E-state index is 12.9. The number of imide groups is 2. The van der Waals surface area contributed by atoms with Crippen LogP contribution in [0.4, 0.5) is 9.59 Å². The number of thiophene rings is 1. The third-order valence-corrected chi connectivity index (χ3v) is 5.14. The van der Waals surface area contributed by atoms with E-state index in [2.05, 4.69) is 10.1 Å². The van der Waals surface area contributed by atoms with E-state index in [0.29, 0.717) is 6.42 Å². The van der Waals surface area contributed by atoms with Crippen LogP contribution in [0.2, 0.25) is 0 Å². The monoisotopic (exact) mass is 351 g/mol. The van der Waals surface area contributed by atoms with Crippen molar-refractivity contribution >= 4 is 35.3 Å². The number of fused-ring (bicyclic) bond motifs is 2. The molecule has 0 bridgehead atoms. The molecule has 0 saturated carbocycles. The lowest BCUT2D eigenvalue weighted by Gasteiger charge is -2.31. The molecule has 1 fully saturated rings. The number of aryl methyl sites for hydroxylation is 1. The van der Waals surface area contributed by atoms with Crippen LogP contribution in [0.5, 0.6) is 0 Å². The third kappa shape index (κ3) is 2.64. The van der Waals surface area contributed by atoms with E-state index in [1.54, 1.807) is 18.3 Å². The molecule has 1 atom stereocenters. The predicted octanol–water partition coefficient (Wildman–Crippen LogP) is 1.10. The van der Waals surface area contributed by atoms with Crippen LogP contribution in [0, 0.1) is 0 Å². The van der Waals surface area contributed by atoms with Gasteiger partial charge in [0.2, 0.25) is 5.91 Å². The standard InChI is InChI=1S/C15H17N3O5S/c1-2-23-14(22)16-11(19)8-18-12(20)15(17-13(18)21)6-3-4-10-9(15)5-7-24-10/h5,7H,2-4,6,8H2,1H3,(H,17,21)(H,16,19,22)/t15-/m1/s1. The molecule has 2 aliphatic rings. The van der Waals surface area contributed by atoms with Crippen LogP contribution in [0.3, 0.4) is 0 Å². The molecular weight excluding hydrogens is 334 g/mol. The lowest BCUT2D eigenvalue weighted by Crippen LogP contribution is -2.47. The van der Waals surface area contributed by atoms with Crippen molar-refractivity contribution in [3.8, 4) is 0 Å². The van der Waals surface area contributed by atoms with Crippen LogP contribution in [0.15, 0.2) is 11.4 Å². The summed E-state index contributed by atoms with van der Waals surface area (Å²) in [5, 5.41) is 6.62. The number of amides is 5. The summed E-state index contributed by atoms with van der Waals surface area (Å²) in [6.45, 7) is 1.20. The van der Waals surface area contributed by atoms with E-state index >= 15 is 0 Å². The third-order valence-electron chi connectivity index (χ3n) is 4.16. The van der Waals surface area contributed by atoms with Gasteiger partial charge in [-0.15, -0.1) is 11.3 Å². The Labute approximate surface area is 142 Å². The molecule has 1 spiro atoms. The van der Waals surface area contributed by atoms with Gasteiger partial charge in [-0.25, -0.2) is 9.59 Å². The number of nitrogens with one attached hydrogen (secondary N) is 2. The molecule has 0 unspecified atom stereocenters. The SMILES string of the molecule is CCOC(=O)NC(=O)CN1C(=O)N[C@@]2(CCCc3sccc32)C1=O. The van der Waals surface area contributed by atoms with Crippen molar-refractivity contribution in [1.82, 2.24) is 15.5 Å². The molecular formula is C15H17N3O5S. The highest BCUT2D eigenvalue weighted by molar-refractivity contribution is 7.10. The largest absolute Gasteiger partial charge is 0.450 e. The predicted molar refractivity (Wildman–Crippen MR) is 84.3 cm³/mol. The molecule has 1 aromatic heterocycles. The van der Waals surface area contributed by atoms with Gasteiger partial charge in [-0.05, 0) is 37.6 Å².